The zero-order valence-electron chi connectivity index (χ0n) is 11.9. The second-order valence-electron chi connectivity index (χ2n) is 4.81. The lowest BCUT2D eigenvalue weighted by Crippen LogP contribution is -2.36. The van der Waals surface area contributed by atoms with Crippen LogP contribution in [0.5, 0.6) is 0 Å². The summed E-state index contributed by atoms with van der Waals surface area (Å²) in [5, 5.41) is 9.87. The molecule has 0 aliphatic heterocycles. The van der Waals surface area contributed by atoms with E-state index < -0.39 is 32.7 Å². The summed E-state index contributed by atoms with van der Waals surface area (Å²) in [6.45, 7) is 3.42. The first-order valence-electron chi connectivity index (χ1n) is 6.65. The number of rotatable bonds is 7. The molecule has 120 valence electrons. The average Bonchev–Trinajstić information content (AvgIpc) is 2.36. The first kappa shape index (κ1) is 17.8. The Kier molecular flexibility index (Phi) is 6.06. The van der Waals surface area contributed by atoms with E-state index in [4.69, 9.17) is 5.73 Å². The molecule has 0 aliphatic rings. The highest BCUT2D eigenvalue weighted by Gasteiger charge is 2.26. The van der Waals surface area contributed by atoms with Gasteiger partial charge in [0, 0.05) is 12.2 Å². The smallest absolute Gasteiger partial charge is 0.246 e. The maximum atomic E-state index is 13.6. The van der Waals surface area contributed by atoms with E-state index in [0.717, 1.165) is 12.1 Å². The molecule has 0 aliphatic carbocycles. The molecule has 0 spiro atoms. The molecule has 0 heterocycles. The molecule has 0 aromatic heterocycles. The number of nitrogen functional groups attached to an aromatic ring is 1. The van der Waals surface area contributed by atoms with Crippen molar-refractivity contribution in [2.24, 2.45) is 5.92 Å². The van der Waals surface area contributed by atoms with Crippen LogP contribution in [0.4, 0.5) is 14.5 Å². The minimum absolute atomic E-state index is 0.0891. The van der Waals surface area contributed by atoms with Crippen LogP contribution in [0.2, 0.25) is 0 Å². The number of hydrogen-bond donors (Lipinski definition) is 3. The lowest BCUT2D eigenvalue weighted by molar-refractivity contribution is 0.107. The Bertz CT molecular complexity index is 566. The van der Waals surface area contributed by atoms with Crippen LogP contribution >= 0.6 is 0 Å². The van der Waals surface area contributed by atoms with Crippen LogP contribution in [-0.2, 0) is 10.0 Å². The minimum atomic E-state index is -4.40. The molecule has 21 heavy (non-hydrogen) atoms. The molecule has 0 saturated carbocycles. The molecule has 0 bridgehead atoms. The molecule has 0 radical (unpaired) electrons. The summed E-state index contributed by atoms with van der Waals surface area (Å²) in [6.07, 6.45) is 0.420. The Morgan fingerprint density at radius 3 is 2.14 bits per heavy atom. The molecule has 0 saturated heterocycles. The van der Waals surface area contributed by atoms with Crippen LogP contribution < -0.4 is 10.5 Å². The van der Waals surface area contributed by atoms with Gasteiger partial charge in [-0.05, 0) is 18.1 Å². The number of hydrogen-bond acceptors (Lipinski definition) is 4. The van der Waals surface area contributed by atoms with Crippen molar-refractivity contribution in [2.45, 2.75) is 37.7 Å². The molecule has 5 nitrogen and oxygen atoms in total. The summed E-state index contributed by atoms with van der Waals surface area (Å²) < 4.78 is 53.2. The van der Waals surface area contributed by atoms with Gasteiger partial charge in [0.2, 0.25) is 10.0 Å². The number of aliphatic hydroxyl groups excluding tert-OH is 1. The number of sulfonamides is 1. The lowest BCUT2D eigenvalue weighted by Gasteiger charge is -2.20. The van der Waals surface area contributed by atoms with Crippen molar-refractivity contribution in [2.75, 3.05) is 12.3 Å². The zero-order chi connectivity index (χ0) is 16.2. The Morgan fingerprint density at radius 1 is 1.24 bits per heavy atom. The van der Waals surface area contributed by atoms with Crippen molar-refractivity contribution in [3.8, 4) is 0 Å². The van der Waals surface area contributed by atoms with Gasteiger partial charge in [-0.15, -0.1) is 0 Å². The van der Waals surface area contributed by atoms with Gasteiger partial charge in [-0.2, -0.15) is 0 Å². The Morgan fingerprint density at radius 2 is 1.71 bits per heavy atom. The van der Waals surface area contributed by atoms with Gasteiger partial charge >= 0.3 is 0 Å². The van der Waals surface area contributed by atoms with Crippen molar-refractivity contribution in [3.63, 3.8) is 0 Å². The summed E-state index contributed by atoms with van der Waals surface area (Å²) in [4.78, 5) is -1.09. The third-order valence-electron chi connectivity index (χ3n) is 3.36. The number of nitrogens with two attached hydrogens (primary N) is 1. The molecule has 4 N–H and O–H groups in total. The molecule has 1 atom stereocenters. The van der Waals surface area contributed by atoms with Crippen LogP contribution in [-0.4, -0.2) is 26.2 Å². The van der Waals surface area contributed by atoms with E-state index in [1.165, 1.54) is 0 Å². The highest BCUT2D eigenvalue weighted by molar-refractivity contribution is 7.89. The van der Waals surface area contributed by atoms with Gasteiger partial charge in [0.05, 0.1) is 6.10 Å². The van der Waals surface area contributed by atoms with Crippen molar-refractivity contribution in [1.82, 2.24) is 4.72 Å². The average molecular weight is 322 g/mol. The molecule has 0 fully saturated rings. The minimum Gasteiger partial charge on any atom is -0.399 e. The van der Waals surface area contributed by atoms with E-state index in [0.29, 0.717) is 12.8 Å². The fourth-order valence-corrected chi connectivity index (χ4v) is 3.27. The summed E-state index contributed by atoms with van der Waals surface area (Å²) in [5.41, 5.74) is 5.03. The maximum absolute atomic E-state index is 13.6. The van der Waals surface area contributed by atoms with Gasteiger partial charge in [-0.3, -0.25) is 0 Å². The predicted octanol–water partition coefficient (Wildman–Crippen LogP) is 1.62. The molecule has 1 aromatic carbocycles. The van der Waals surface area contributed by atoms with E-state index in [2.05, 4.69) is 0 Å². The SMILES string of the molecule is CCC(CC)C(O)CNS(=O)(=O)c1c(F)cc(N)cc1F. The van der Waals surface area contributed by atoms with Crippen molar-refractivity contribution >= 4 is 15.7 Å². The van der Waals surface area contributed by atoms with Crippen LogP contribution in [0.15, 0.2) is 17.0 Å². The van der Waals surface area contributed by atoms with E-state index in [1.54, 1.807) is 0 Å². The van der Waals surface area contributed by atoms with Gasteiger partial charge < -0.3 is 10.8 Å². The van der Waals surface area contributed by atoms with Crippen molar-refractivity contribution in [3.05, 3.63) is 23.8 Å². The van der Waals surface area contributed by atoms with Crippen molar-refractivity contribution in [1.29, 1.82) is 0 Å². The predicted molar refractivity (Wildman–Crippen MR) is 76.0 cm³/mol. The topological polar surface area (TPSA) is 92.4 Å². The normalized spacial score (nSPS) is 13.6. The molecular weight excluding hydrogens is 302 g/mol. The summed E-state index contributed by atoms with van der Waals surface area (Å²) in [7, 11) is -4.40. The lowest BCUT2D eigenvalue weighted by atomic mass is 9.97. The summed E-state index contributed by atoms with van der Waals surface area (Å²) in [5.74, 6) is -2.62. The number of benzene rings is 1. The standard InChI is InChI=1S/C13H20F2N2O3S/c1-3-8(4-2)12(18)7-17-21(19,20)13-10(14)5-9(16)6-11(13)15/h5-6,8,12,17-18H,3-4,7,16H2,1-2H3. The van der Waals surface area contributed by atoms with Gasteiger partial charge in [-0.25, -0.2) is 21.9 Å². The fourth-order valence-electron chi connectivity index (χ4n) is 2.10. The molecule has 1 unspecified atom stereocenters. The summed E-state index contributed by atoms with van der Waals surface area (Å²) in [6, 6.07) is 1.46. The third-order valence-corrected chi connectivity index (χ3v) is 4.84. The molecule has 0 amide bonds. The van der Waals surface area contributed by atoms with E-state index >= 15 is 0 Å². The first-order chi connectivity index (χ1) is 9.72. The molecule has 1 aromatic rings. The van der Waals surface area contributed by atoms with Gasteiger partial charge in [0.25, 0.3) is 0 Å². The van der Waals surface area contributed by atoms with Crippen LogP contribution in [0.3, 0.4) is 0 Å². The van der Waals surface area contributed by atoms with E-state index in [1.807, 2.05) is 18.6 Å². The zero-order valence-corrected chi connectivity index (χ0v) is 12.8. The highest BCUT2D eigenvalue weighted by Crippen LogP contribution is 2.22. The second kappa shape index (κ2) is 7.15. The number of aliphatic hydroxyl groups is 1. The van der Waals surface area contributed by atoms with E-state index in [-0.39, 0.29) is 18.2 Å². The van der Waals surface area contributed by atoms with Gasteiger partial charge in [-0.1, -0.05) is 26.7 Å². The Labute approximate surface area is 123 Å². The number of nitrogens with one attached hydrogen (secondary N) is 1. The second-order valence-corrected chi connectivity index (χ2v) is 6.51. The first-order valence-corrected chi connectivity index (χ1v) is 8.13. The summed E-state index contributed by atoms with van der Waals surface area (Å²) >= 11 is 0. The largest absolute Gasteiger partial charge is 0.399 e. The number of halogens is 2. The van der Waals surface area contributed by atoms with Gasteiger partial charge in [0.1, 0.15) is 11.6 Å². The van der Waals surface area contributed by atoms with E-state index in [9.17, 15) is 22.3 Å². The molecule has 1 rings (SSSR count). The maximum Gasteiger partial charge on any atom is 0.246 e. The third kappa shape index (κ3) is 4.36. The molecular formula is C13H20F2N2O3S. The number of anilines is 1. The Hall–Kier alpha value is -1.25. The fraction of sp³-hybridized carbons (Fsp3) is 0.538. The monoisotopic (exact) mass is 322 g/mol. The van der Waals surface area contributed by atoms with Gasteiger partial charge in [0.15, 0.2) is 4.90 Å². The van der Waals surface area contributed by atoms with Crippen LogP contribution in [0.1, 0.15) is 26.7 Å². The Balaban J connectivity index is 2.93. The van der Waals surface area contributed by atoms with Crippen LogP contribution in [0.25, 0.3) is 0 Å². The van der Waals surface area contributed by atoms with Crippen molar-refractivity contribution < 1.29 is 22.3 Å². The van der Waals surface area contributed by atoms with Crippen LogP contribution in [0, 0.1) is 17.6 Å². The quantitative estimate of drug-likeness (QED) is 0.665. The highest BCUT2D eigenvalue weighted by atomic mass is 32.2. The molecule has 8 heteroatoms.